The van der Waals surface area contributed by atoms with Crippen LogP contribution in [-0.4, -0.2) is 49.0 Å². The standard InChI is InChI=1S/C22H24N2O5/c1-26-17-4-6-18(7-5-17)28-16-20-8-9-21(29-20)22(25)24-12-10-23(11-13-24)15-19-3-2-14-27-19/h2-9,14H,10-13,15-16H2,1H3. The van der Waals surface area contributed by atoms with E-state index in [1.807, 2.05) is 41.3 Å². The molecule has 0 unspecified atom stereocenters. The van der Waals surface area contributed by atoms with Crippen molar-refractivity contribution in [3.63, 3.8) is 0 Å². The van der Waals surface area contributed by atoms with Crippen LogP contribution in [0.5, 0.6) is 11.5 Å². The number of ether oxygens (including phenoxy) is 2. The summed E-state index contributed by atoms with van der Waals surface area (Å²) in [6.07, 6.45) is 1.68. The highest BCUT2D eigenvalue weighted by atomic mass is 16.5. The third kappa shape index (κ3) is 4.81. The van der Waals surface area contributed by atoms with Crippen LogP contribution in [-0.2, 0) is 13.2 Å². The molecule has 0 atom stereocenters. The van der Waals surface area contributed by atoms with E-state index in [9.17, 15) is 4.79 Å². The highest BCUT2D eigenvalue weighted by Crippen LogP contribution is 2.19. The number of amides is 1. The van der Waals surface area contributed by atoms with E-state index in [0.717, 1.165) is 31.1 Å². The first-order valence-electron chi connectivity index (χ1n) is 9.61. The van der Waals surface area contributed by atoms with Gasteiger partial charge in [0.05, 0.1) is 19.9 Å². The maximum absolute atomic E-state index is 12.7. The van der Waals surface area contributed by atoms with Crippen molar-refractivity contribution in [2.24, 2.45) is 0 Å². The predicted molar refractivity (Wildman–Crippen MR) is 106 cm³/mol. The van der Waals surface area contributed by atoms with E-state index in [1.54, 1.807) is 25.5 Å². The Labute approximate surface area is 169 Å². The van der Waals surface area contributed by atoms with Gasteiger partial charge in [0.1, 0.15) is 29.6 Å². The molecule has 0 spiro atoms. The summed E-state index contributed by atoms with van der Waals surface area (Å²) in [7, 11) is 1.62. The molecule has 7 nitrogen and oxygen atoms in total. The molecule has 0 bridgehead atoms. The van der Waals surface area contributed by atoms with Crippen molar-refractivity contribution >= 4 is 5.91 Å². The minimum absolute atomic E-state index is 0.0849. The van der Waals surface area contributed by atoms with E-state index in [0.29, 0.717) is 30.4 Å². The van der Waals surface area contributed by atoms with Gasteiger partial charge in [0, 0.05) is 26.2 Å². The number of methoxy groups -OCH3 is 1. The van der Waals surface area contributed by atoms with Gasteiger partial charge in [0.25, 0.3) is 5.91 Å². The van der Waals surface area contributed by atoms with Gasteiger partial charge < -0.3 is 23.2 Å². The van der Waals surface area contributed by atoms with Crippen LogP contribution < -0.4 is 9.47 Å². The van der Waals surface area contributed by atoms with Crippen molar-refractivity contribution in [1.82, 2.24) is 9.80 Å². The van der Waals surface area contributed by atoms with E-state index in [1.165, 1.54) is 0 Å². The van der Waals surface area contributed by atoms with Crippen LogP contribution in [0.15, 0.2) is 63.6 Å². The number of carbonyl (C=O) groups is 1. The smallest absolute Gasteiger partial charge is 0.289 e. The van der Waals surface area contributed by atoms with Crippen LogP contribution in [0.4, 0.5) is 0 Å². The molecule has 1 amide bonds. The van der Waals surface area contributed by atoms with E-state index >= 15 is 0 Å². The number of carbonyl (C=O) groups excluding carboxylic acids is 1. The molecular weight excluding hydrogens is 372 g/mol. The first kappa shape index (κ1) is 19.1. The van der Waals surface area contributed by atoms with Crippen LogP contribution >= 0.6 is 0 Å². The van der Waals surface area contributed by atoms with Gasteiger partial charge in [-0.15, -0.1) is 0 Å². The second kappa shape index (κ2) is 8.87. The summed E-state index contributed by atoms with van der Waals surface area (Å²) in [4.78, 5) is 16.8. The Morgan fingerprint density at radius 1 is 0.966 bits per heavy atom. The molecule has 0 N–H and O–H groups in total. The molecule has 1 aliphatic heterocycles. The molecule has 1 fully saturated rings. The largest absolute Gasteiger partial charge is 0.497 e. The van der Waals surface area contributed by atoms with Gasteiger partial charge >= 0.3 is 0 Å². The number of nitrogens with zero attached hydrogens (tertiary/aromatic N) is 2. The molecule has 1 aliphatic rings. The van der Waals surface area contributed by atoms with Gasteiger partial charge in [0.2, 0.25) is 0 Å². The van der Waals surface area contributed by atoms with Crippen LogP contribution in [0.1, 0.15) is 22.1 Å². The number of furan rings is 2. The fourth-order valence-corrected chi connectivity index (χ4v) is 3.28. The summed E-state index contributed by atoms with van der Waals surface area (Å²) in [5, 5.41) is 0. The molecule has 3 aromatic rings. The van der Waals surface area contributed by atoms with Crippen molar-refractivity contribution in [1.29, 1.82) is 0 Å². The van der Waals surface area contributed by atoms with Gasteiger partial charge in [-0.2, -0.15) is 0 Å². The van der Waals surface area contributed by atoms with Crippen molar-refractivity contribution in [3.8, 4) is 11.5 Å². The highest BCUT2D eigenvalue weighted by molar-refractivity contribution is 5.91. The Bertz CT molecular complexity index is 909. The Hall–Kier alpha value is -3.19. The summed E-state index contributed by atoms with van der Waals surface area (Å²) in [6.45, 7) is 3.97. The Morgan fingerprint density at radius 3 is 2.41 bits per heavy atom. The molecule has 1 aromatic carbocycles. The van der Waals surface area contributed by atoms with Crippen LogP contribution in [0.25, 0.3) is 0 Å². The first-order chi connectivity index (χ1) is 14.2. The Balaban J connectivity index is 1.27. The fraction of sp³-hybridized carbons (Fsp3) is 0.318. The highest BCUT2D eigenvalue weighted by Gasteiger charge is 2.24. The first-order valence-corrected chi connectivity index (χ1v) is 9.61. The minimum atomic E-state index is -0.0849. The van der Waals surface area contributed by atoms with E-state index in [2.05, 4.69) is 4.90 Å². The summed E-state index contributed by atoms with van der Waals surface area (Å²) < 4.78 is 21.9. The van der Waals surface area contributed by atoms with Gasteiger partial charge in [-0.3, -0.25) is 9.69 Å². The Morgan fingerprint density at radius 2 is 1.72 bits per heavy atom. The zero-order valence-corrected chi connectivity index (χ0v) is 16.4. The zero-order chi connectivity index (χ0) is 20.1. The summed E-state index contributed by atoms with van der Waals surface area (Å²) in [5.41, 5.74) is 0. The van der Waals surface area contributed by atoms with Crippen molar-refractivity contribution in [2.45, 2.75) is 13.2 Å². The minimum Gasteiger partial charge on any atom is -0.497 e. The molecule has 1 saturated heterocycles. The molecule has 0 aliphatic carbocycles. The van der Waals surface area contributed by atoms with Crippen LogP contribution in [0, 0.1) is 0 Å². The lowest BCUT2D eigenvalue weighted by Gasteiger charge is -2.33. The summed E-state index contributed by atoms with van der Waals surface area (Å²) in [6, 6.07) is 14.7. The van der Waals surface area contributed by atoms with E-state index < -0.39 is 0 Å². The normalized spacial score (nSPS) is 14.7. The quantitative estimate of drug-likeness (QED) is 0.610. The summed E-state index contributed by atoms with van der Waals surface area (Å²) >= 11 is 0. The second-order valence-electron chi connectivity index (χ2n) is 6.88. The molecular formula is C22H24N2O5. The molecule has 2 aromatic heterocycles. The predicted octanol–water partition coefficient (Wildman–Crippen LogP) is 3.42. The second-order valence-corrected chi connectivity index (χ2v) is 6.88. The number of piperazine rings is 1. The van der Waals surface area contributed by atoms with E-state index in [-0.39, 0.29) is 12.5 Å². The van der Waals surface area contributed by atoms with Crippen molar-refractivity contribution < 1.29 is 23.1 Å². The number of rotatable bonds is 7. The van der Waals surface area contributed by atoms with Gasteiger partial charge in [-0.05, 0) is 48.5 Å². The maximum atomic E-state index is 12.7. The molecule has 152 valence electrons. The van der Waals surface area contributed by atoms with Gasteiger partial charge in [-0.25, -0.2) is 0 Å². The van der Waals surface area contributed by atoms with E-state index in [4.69, 9.17) is 18.3 Å². The zero-order valence-electron chi connectivity index (χ0n) is 16.4. The molecule has 0 saturated carbocycles. The number of hydrogen-bond donors (Lipinski definition) is 0. The van der Waals surface area contributed by atoms with Crippen molar-refractivity contribution in [2.75, 3.05) is 33.3 Å². The number of hydrogen-bond acceptors (Lipinski definition) is 6. The third-order valence-corrected chi connectivity index (χ3v) is 4.93. The van der Waals surface area contributed by atoms with Crippen LogP contribution in [0.2, 0.25) is 0 Å². The van der Waals surface area contributed by atoms with Gasteiger partial charge in [0.15, 0.2) is 5.76 Å². The monoisotopic (exact) mass is 396 g/mol. The van der Waals surface area contributed by atoms with Gasteiger partial charge in [-0.1, -0.05) is 0 Å². The fourth-order valence-electron chi connectivity index (χ4n) is 3.28. The summed E-state index contributed by atoms with van der Waals surface area (Å²) in [5.74, 6) is 3.30. The molecule has 0 radical (unpaired) electrons. The molecule has 29 heavy (non-hydrogen) atoms. The lowest BCUT2D eigenvalue weighted by molar-refractivity contribution is 0.0586. The average Bonchev–Trinajstić information content (AvgIpc) is 3.45. The maximum Gasteiger partial charge on any atom is 0.289 e. The number of benzene rings is 1. The lowest BCUT2D eigenvalue weighted by Crippen LogP contribution is -2.48. The van der Waals surface area contributed by atoms with Crippen molar-refractivity contribution in [3.05, 3.63) is 72.1 Å². The molecule has 7 heteroatoms. The van der Waals surface area contributed by atoms with Crippen LogP contribution in [0.3, 0.4) is 0 Å². The lowest BCUT2D eigenvalue weighted by atomic mass is 10.2. The molecule has 4 rings (SSSR count). The topological polar surface area (TPSA) is 68.3 Å². The third-order valence-electron chi connectivity index (χ3n) is 4.93. The Kier molecular flexibility index (Phi) is 5.86. The molecule has 3 heterocycles. The SMILES string of the molecule is COc1ccc(OCc2ccc(C(=O)N3CCN(Cc4ccco4)CC3)o2)cc1. The average molecular weight is 396 g/mol.